The van der Waals surface area contributed by atoms with Gasteiger partial charge in [-0.2, -0.15) is 0 Å². The number of ether oxygens (including phenoxy) is 1. The fourth-order valence-corrected chi connectivity index (χ4v) is 4.87. The van der Waals surface area contributed by atoms with Crippen molar-refractivity contribution in [2.75, 3.05) is 7.11 Å². The SMILES string of the molecule is COc1cccc(CNC(=O)c2ccc(-c3nc(CS(=O)(=O)c4ccc(C)cc4)c(C)o3)cc2)c1. The molecule has 0 unspecified atom stereocenters. The van der Waals surface area contributed by atoms with Crippen LogP contribution in [0.1, 0.15) is 32.9 Å². The molecule has 1 heterocycles. The highest BCUT2D eigenvalue weighted by Gasteiger charge is 2.21. The molecule has 1 amide bonds. The highest BCUT2D eigenvalue weighted by Crippen LogP contribution is 2.25. The lowest BCUT2D eigenvalue weighted by Gasteiger charge is -2.07. The number of oxazole rings is 1. The van der Waals surface area contributed by atoms with Gasteiger partial charge in [0.1, 0.15) is 17.3 Å². The van der Waals surface area contributed by atoms with E-state index in [1.54, 1.807) is 62.6 Å². The molecule has 4 rings (SSSR count). The van der Waals surface area contributed by atoms with Gasteiger partial charge in [0.25, 0.3) is 5.91 Å². The van der Waals surface area contributed by atoms with Crippen LogP contribution >= 0.6 is 0 Å². The molecule has 0 fully saturated rings. The van der Waals surface area contributed by atoms with E-state index < -0.39 is 9.84 Å². The number of amides is 1. The van der Waals surface area contributed by atoms with E-state index in [9.17, 15) is 13.2 Å². The second-order valence-corrected chi connectivity index (χ2v) is 10.2. The van der Waals surface area contributed by atoms with Crippen LogP contribution in [0.15, 0.2) is 82.1 Å². The van der Waals surface area contributed by atoms with Crippen molar-refractivity contribution in [3.8, 4) is 17.2 Å². The zero-order valence-electron chi connectivity index (χ0n) is 19.7. The van der Waals surface area contributed by atoms with Crippen molar-refractivity contribution < 1.29 is 22.4 Å². The maximum Gasteiger partial charge on any atom is 0.251 e. The summed E-state index contributed by atoms with van der Waals surface area (Å²) in [6.45, 7) is 3.96. The van der Waals surface area contributed by atoms with Gasteiger partial charge >= 0.3 is 0 Å². The summed E-state index contributed by atoms with van der Waals surface area (Å²) in [4.78, 5) is 17.2. The summed E-state index contributed by atoms with van der Waals surface area (Å²) in [5.41, 5.74) is 3.41. The fourth-order valence-electron chi connectivity index (χ4n) is 3.53. The van der Waals surface area contributed by atoms with Gasteiger partial charge in [-0.25, -0.2) is 13.4 Å². The first-order chi connectivity index (χ1) is 16.7. The van der Waals surface area contributed by atoms with E-state index in [0.717, 1.165) is 16.9 Å². The first kappa shape index (κ1) is 24.2. The molecule has 0 atom stereocenters. The maximum absolute atomic E-state index is 12.8. The predicted molar refractivity (Wildman–Crippen MR) is 133 cm³/mol. The van der Waals surface area contributed by atoms with E-state index in [2.05, 4.69) is 10.3 Å². The number of hydrogen-bond donors (Lipinski definition) is 1. The van der Waals surface area contributed by atoms with Crippen molar-refractivity contribution in [3.63, 3.8) is 0 Å². The average Bonchev–Trinajstić information content (AvgIpc) is 3.22. The molecule has 0 spiro atoms. The molecule has 0 radical (unpaired) electrons. The van der Waals surface area contributed by atoms with Crippen molar-refractivity contribution in [2.24, 2.45) is 0 Å². The summed E-state index contributed by atoms with van der Waals surface area (Å²) in [6, 6.07) is 21.0. The smallest absolute Gasteiger partial charge is 0.251 e. The number of nitrogens with zero attached hydrogens (tertiary/aromatic N) is 1. The molecule has 4 aromatic rings. The summed E-state index contributed by atoms with van der Waals surface area (Å²) in [6.07, 6.45) is 0. The molecule has 1 N–H and O–H groups in total. The Morgan fingerprint density at radius 2 is 1.71 bits per heavy atom. The van der Waals surface area contributed by atoms with Crippen LogP contribution in [0.2, 0.25) is 0 Å². The summed E-state index contributed by atoms with van der Waals surface area (Å²) >= 11 is 0. The van der Waals surface area contributed by atoms with Gasteiger partial charge in [0, 0.05) is 17.7 Å². The molecule has 0 aliphatic heterocycles. The number of nitrogens with one attached hydrogen (secondary N) is 1. The Bertz CT molecular complexity index is 1440. The molecule has 0 aliphatic rings. The Kier molecular flexibility index (Phi) is 7.02. The van der Waals surface area contributed by atoms with E-state index in [0.29, 0.717) is 35.0 Å². The second kappa shape index (κ2) is 10.1. The lowest BCUT2D eigenvalue weighted by molar-refractivity contribution is 0.0951. The lowest BCUT2D eigenvalue weighted by Crippen LogP contribution is -2.22. The van der Waals surface area contributed by atoms with E-state index in [1.807, 2.05) is 31.2 Å². The summed E-state index contributed by atoms with van der Waals surface area (Å²) < 4.78 is 36.5. The van der Waals surface area contributed by atoms with Crippen LogP contribution in [0.3, 0.4) is 0 Å². The van der Waals surface area contributed by atoms with Crippen molar-refractivity contribution in [2.45, 2.75) is 31.0 Å². The number of methoxy groups -OCH3 is 1. The standard InChI is InChI=1S/C27H26N2O5S/c1-18-7-13-24(14-8-18)35(31,32)17-25-19(2)34-27(29-25)22-11-9-21(10-12-22)26(30)28-16-20-5-4-6-23(15-20)33-3/h4-15H,16-17H2,1-3H3,(H,28,30). The van der Waals surface area contributed by atoms with E-state index >= 15 is 0 Å². The van der Waals surface area contributed by atoms with Gasteiger partial charge < -0.3 is 14.5 Å². The Morgan fingerprint density at radius 3 is 2.40 bits per heavy atom. The Labute approximate surface area is 204 Å². The largest absolute Gasteiger partial charge is 0.497 e. The highest BCUT2D eigenvalue weighted by molar-refractivity contribution is 7.90. The van der Waals surface area contributed by atoms with Crippen molar-refractivity contribution >= 4 is 15.7 Å². The average molecular weight is 491 g/mol. The van der Waals surface area contributed by atoms with E-state index in [4.69, 9.17) is 9.15 Å². The molecular weight excluding hydrogens is 464 g/mol. The number of benzene rings is 3. The number of rotatable bonds is 8. The van der Waals surface area contributed by atoms with Gasteiger partial charge in [0.15, 0.2) is 9.84 Å². The topological polar surface area (TPSA) is 98.5 Å². The molecule has 0 saturated heterocycles. The van der Waals surface area contributed by atoms with Crippen molar-refractivity contribution in [1.29, 1.82) is 0 Å². The normalized spacial score (nSPS) is 11.3. The molecule has 180 valence electrons. The minimum absolute atomic E-state index is 0.215. The number of carbonyl (C=O) groups is 1. The van der Waals surface area contributed by atoms with E-state index in [1.165, 1.54) is 0 Å². The monoisotopic (exact) mass is 490 g/mol. The van der Waals surface area contributed by atoms with Crippen LogP contribution in [0.25, 0.3) is 11.5 Å². The Hall–Kier alpha value is -3.91. The molecule has 1 aromatic heterocycles. The van der Waals surface area contributed by atoms with Crippen LogP contribution in [0, 0.1) is 13.8 Å². The number of sulfone groups is 1. The third-order valence-corrected chi connectivity index (χ3v) is 7.22. The zero-order valence-corrected chi connectivity index (χ0v) is 20.6. The first-order valence-corrected chi connectivity index (χ1v) is 12.7. The fraction of sp³-hybridized carbons (Fsp3) is 0.185. The van der Waals surface area contributed by atoms with Gasteiger partial charge in [-0.05, 0) is 67.9 Å². The van der Waals surface area contributed by atoms with Crippen LogP contribution in [0.4, 0.5) is 0 Å². The van der Waals surface area contributed by atoms with Gasteiger partial charge in [-0.3, -0.25) is 4.79 Å². The Morgan fingerprint density at radius 1 is 1.00 bits per heavy atom. The third kappa shape index (κ3) is 5.78. The van der Waals surface area contributed by atoms with Crippen LogP contribution in [0.5, 0.6) is 5.75 Å². The number of aryl methyl sites for hydroxylation is 2. The summed E-state index contributed by atoms with van der Waals surface area (Å²) in [7, 11) is -1.96. The van der Waals surface area contributed by atoms with Gasteiger partial charge in [0.2, 0.25) is 5.89 Å². The summed E-state index contributed by atoms with van der Waals surface area (Å²) in [5.74, 6) is 1.01. The lowest BCUT2D eigenvalue weighted by atomic mass is 10.1. The molecule has 8 heteroatoms. The number of hydrogen-bond acceptors (Lipinski definition) is 6. The second-order valence-electron chi connectivity index (χ2n) is 8.21. The molecule has 0 bridgehead atoms. The highest BCUT2D eigenvalue weighted by atomic mass is 32.2. The molecule has 3 aromatic carbocycles. The minimum atomic E-state index is -3.56. The quantitative estimate of drug-likeness (QED) is 0.378. The zero-order chi connectivity index (χ0) is 25.0. The van der Waals surface area contributed by atoms with Crippen molar-refractivity contribution in [1.82, 2.24) is 10.3 Å². The Balaban J connectivity index is 1.44. The maximum atomic E-state index is 12.8. The molecule has 7 nitrogen and oxygen atoms in total. The number of aromatic nitrogens is 1. The van der Waals surface area contributed by atoms with E-state index in [-0.39, 0.29) is 16.6 Å². The van der Waals surface area contributed by atoms with Gasteiger partial charge in [0.05, 0.1) is 17.7 Å². The number of carbonyl (C=O) groups excluding carboxylic acids is 1. The van der Waals surface area contributed by atoms with Gasteiger partial charge in [-0.1, -0.05) is 29.8 Å². The minimum Gasteiger partial charge on any atom is -0.497 e. The summed E-state index contributed by atoms with van der Waals surface area (Å²) in [5, 5.41) is 2.88. The molecule has 0 saturated carbocycles. The first-order valence-electron chi connectivity index (χ1n) is 11.0. The van der Waals surface area contributed by atoms with Crippen LogP contribution in [-0.4, -0.2) is 26.4 Å². The molecule has 35 heavy (non-hydrogen) atoms. The van der Waals surface area contributed by atoms with Crippen LogP contribution < -0.4 is 10.1 Å². The molecular formula is C27H26N2O5S. The third-order valence-electron chi connectivity index (χ3n) is 5.58. The van der Waals surface area contributed by atoms with Crippen LogP contribution in [-0.2, 0) is 22.1 Å². The van der Waals surface area contributed by atoms with Crippen molar-refractivity contribution in [3.05, 3.63) is 101 Å². The molecule has 0 aliphatic carbocycles. The predicted octanol–water partition coefficient (Wildman–Crippen LogP) is 4.87. The van der Waals surface area contributed by atoms with Gasteiger partial charge in [-0.15, -0.1) is 0 Å².